The van der Waals surface area contributed by atoms with Crippen LogP contribution in [-0.4, -0.2) is 9.97 Å². The maximum atomic E-state index is 10.5. The van der Waals surface area contributed by atoms with Crippen LogP contribution >= 0.6 is 0 Å². The van der Waals surface area contributed by atoms with E-state index < -0.39 is 0 Å². The molecule has 0 bridgehead atoms. The molecule has 0 saturated heterocycles. The molecular formula is C4H4N4O2. The number of nitroso groups, excluding NO2 is 1. The van der Waals surface area contributed by atoms with Gasteiger partial charge in [0.1, 0.15) is 0 Å². The lowest BCUT2D eigenvalue weighted by Crippen LogP contribution is -2.07. The number of aromatic amines is 1. The number of aromatic nitrogens is 2. The van der Waals surface area contributed by atoms with E-state index in [0.717, 1.165) is 0 Å². The molecule has 2 N–H and O–H groups in total. The number of H-pyrrole nitrogens is 1. The summed E-state index contributed by atoms with van der Waals surface area (Å²) in [7, 11) is 0. The van der Waals surface area contributed by atoms with Crippen LogP contribution in [0, 0.1) is 4.91 Å². The normalized spacial score (nSPS) is 8.80. The van der Waals surface area contributed by atoms with Crippen molar-refractivity contribution in [2.45, 2.75) is 0 Å². The summed E-state index contributed by atoms with van der Waals surface area (Å²) in [6.45, 7) is 0. The maximum absolute atomic E-state index is 10.5. The molecule has 0 radical (unpaired) electrons. The minimum Gasteiger partial charge on any atom is -0.291 e. The van der Waals surface area contributed by atoms with Crippen molar-refractivity contribution in [1.82, 2.24) is 9.97 Å². The van der Waals surface area contributed by atoms with Crippen LogP contribution in [-0.2, 0) is 0 Å². The van der Waals surface area contributed by atoms with Crippen molar-refractivity contribution >= 4 is 5.95 Å². The Kier molecular flexibility index (Phi) is 1.74. The summed E-state index contributed by atoms with van der Waals surface area (Å²) in [4.78, 5) is 25.9. The van der Waals surface area contributed by atoms with Crippen molar-refractivity contribution in [2.75, 3.05) is 5.43 Å². The number of anilines is 1. The van der Waals surface area contributed by atoms with E-state index >= 15 is 0 Å². The van der Waals surface area contributed by atoms with Crippen LogP contribution in [0.4, 0.5) is 5.95 Å². The minimum atomic E-state index is -0.332. The average Bonchev–Trinajstić information content (AvgIpc) is 1.88. The molecule has 6 nitrogen and oxygen atoms in total. The molecule has 0 aliphatic heterocycles. The lowest BCUT2D eigenvalue weighted by atomic mass is 10.7. The first-order chi connectivity index (χ1) is 4.83. The largest absolute Gasteiger partial charge is 0.291 e. The summed E-state index contributed by atoms with van der Waals surface area (Å²) < 4.78 is 0. The molecule has 0 unspecified atom stereocenters. The Bertz CT molecular complexity index is 281. The summed E-state index contributed by atoms with van der Waals surface area (Å²) in [5.74, 6) is 0.0440. The number of nitrogens with zero attached hydrogens (tertiary/aromatic N) is 2. The molecule has 0 aromatic carbocycles. The van der Waals surface area contributed by atoms with Crippen LogP contribution in [0.2, 0.25) is 0 Å². The van der Waals surface area contributed by atoms with Gasteiger partial charge in [0, 0.05) is 12.3 Å². The number of rotatable bonds is 2. The Hall–Kier alpha value is -1.72. The van der Waals surface area contributed by atoms with Crippen LogP contribution in [0.15, 0.2) is 22.3 Å². The molecule has 1 heterocycles. The molecule has 0 atom stereocenters. The van der Waals surface area contributed by atoms with E-state index in [2.05, 4.69) is 15.3 Å². The van der Waals surface area contributed by atoms with E-state index in [9.17, 15) is 9.70 Å². The van der Waals surface area contributed by atoms with Crippen LogP contribution in [0.5, 0.6) is 0 Å². The first-order valence-corrected chi connectivity index (χ1v) is 2.46. The van der Waals surface area contributed by atoms with Gasteiger partial charge in [-0.3, -0.25) is 9.78 Å². The summed E-state index contributed by atoms with van der Waals surface area (Å²) in [6, 6.07) is 1.23. The molecule has 10 heavy (non-hydrogen) atoms. The van der Waals surface area contributed by atoms with Gasteiger partial charge in [-0.25, -0.2) is 10.4 Å². The van der Waals surface area contributed by atoms with Crippen LogP contribution in [0.1, 0.15) is 0 Å². The van der Waals surface area contributed by atoms with Gasteiger partial charge in [0.15, 0.2) is 0 Å². The fraction of sp³-hybridized carbons (Fsp3) is 0. The zero-order valence-electron chi connectivity index (χ0n) is 4.87. The quantitative estimate of drug-likeness (QED) is 0.442. The van der Waals surface area contributed by atoms with Gasteiger partial charge in [0.2, 0.25) is 5.95 Å². The zero-order valence-corrected chi connectivity index (χ0v) is 4.87. The Morgan fingerprint density at radius 2 is 2.50 bits per heavy atom. The first-order valence-electron chi connectivity index (χ1n) is 2.46. The van der Waals surface area contributed by atoms with Crippen molar-refractivity contribution in [2.24, 2.45) is 5.29 Å². The molecule has 0 aliphatic carbocycles. The second kappa shape index (κ2) is 2.72. The smallest absolute Gasteiger partial charge is 0.252 e. The molecular weight excluding hydrogens is 136 g/mol. The lowest BCUT2D eigenvalue weighted by molar-refractivity contribution is 1.08. The number of nitrogens with one attached hydrogen (secondary N) is 2. The molecule has 0 spiro atoms. The Morgan fingerprint density at radius 3 is 3.10 bits per heavy atom. The van der Waals surface area contributed by atoms with Crippen LogP contribution < -0.4 is 11.0 Å². The molecule has 52 valence electrons. The molecule has 0 fully saturated rings. The Labute approximate surface area is 55.2 Å². The Morgan fingerprint density at radius 1 is 1.70 bits per heavy atom. The maximum Gasteiger partial charge on any atom is 0.252 e. The van der Waals surface area contributed by atoms with Gasteiger partial charge in [-0.1, -0.05) is 0 Å². The highest BCUT2D eigenvalue weighted by Crippen LogP contribution is 1.87. The first kappa shape index (κ1) is 6.40. The van der Waals surface area contributed by atoms with Gasteiger partial charge >= 0.3 is 0 Å². The van der Waals surface area contributed by atoms with E-state index in [1.165, 1.54) is 12.3 Å². The molecule has 0 amide bonds. The molecule has 1 aromatic heterocycles. The monoisotopic (exact) mass is 140 g/mol. The fourth-order valence-corrected chi connectivity index (χ4v) is 0.470. The zero-order chi connectivity index (χ0) is 7.40. The SMILES string of the molecule is O=NNc1nccc(=O)[nH]1. The molecule has 6 heteroatoms. The highest BCUT2D eigenvalue weighted by Gasteiger charge is 1.89. The van der Waals surface area contributed by atoms with E-state index in [4.69, 9.17) is 0 Å². The third-order valence-corrected chi connectivity index (χ3v) is 0.823. The van der Waals surface area contributed by atoms with Crippen LogP contribution in [0.3, 0.4) is 0 Å². The standard InChI is InChI=1S/C4H4N4O2/c9-3-1-2-5-4(6-3)7-8-10/h1-2H,(H2,5,6,7,9,10). The predicted octanol–water partition coefficient (Wildman–Crippen LogP) is -0.137. The number of hydrogen-bond donors (Lipinski definition) is 2. The fourth-order valence-electron chi connectivity index (χ4n) is 0.470. The van der Waals surface area contributed by atoms with E-state index in [0.29, 0.717) is 0 Å². The summed E-state index contributed by atoms with van der Waals surface area (Å²) in [6.07, 6.45) is 1.27. The molecule has 1 aromatic rings. The van der Waals surface area contributed by atoms with Gasteiger partial charge in [0.25, 0.3) is 5.56 Å². The minimum absolute atomic E-state index is 0.0440. The average molecular weight is 140 g/mol. The van der Waals surface area contributed by atoms with E-state index in [-0.39, 0.29) is 11.5 Å². The van der Waals surface area contributed by atoms with Gasteiger partial charge in [0.05, 0.1) is 5.29 Å². The molecule has 0 aliphatic rings. The van der Waals surface area contributed by atoms with Crippen molar-refractivity contribution in [1.29, 1.82) is 0 Å². The molecule has 1 rings (SSSR count). The number of hydrogen-bond acceptors (Lipinski definition) is 4. The van der Waals surface area contributed by atoms with Gasteiger partial charge < -0.3 is 0 Å². The predicted molar refractivity (Wildman–Crippen MR) is 34.3 cm³/mol. The molecule has 0 saturated carbocycles. The van der Waals surface area contributed by atoms with Crippen molar-refractivity contribution in [3.8, 4) is 0 Å². The summed E-state index contributed by atoms with van der Waals surface area (Å²) in [5, 5.41) is 2.31. The van der Waals surface area contributed by atoms with Gasteiger partial charge in [-0.2, -0.15) is 0 Å². The summed E-state index contributed by atoms with van der Waals surface area (Å²) >= 11 is 0. The van der Waals surface area contributed by atoms with Crippen molar-refractivity contribution in [3.05, 3.63) is 27.5 Å². The Balaban J connectivity index is 2.95. The van der Waals surface area contributed by atoms with E-state index in [1.807, 2.05) is 5.43 Å². The topological polar surface area (TPSA) is 87.2 Å². The highest BCUT2D eigenvalue weighted by atomic mass is 16.3. The second-order valence-corrected chi connectivity index (χ2v) is 1.49. The third-order valence-electron chi connectivity index (χ3n) is 0.823. The van der Waals surface area contributed by atoms with Gasteiger partial charge in [-0.05, 0) is 0 Å². The van der Waals surface area contributed by atoms with Crippen molar-refractivity contribution in [3.63, 3.8) is 0 Å². The lowest BCUT2D eigenvalue weighted by Gasteiger charge is -1.90. The van der Waals surface area contributed by atoms with Crippen LogP contribution in [0.25, 0.3) is 0 Å². The third kappa shape index (κ3) is 1.38. The second-order valence-electron chi connectivity index (χ2n) is 1.49. The summed E-state index contributed by atoms with van der Waals surface area (Å²) in [5.41, 5.74) is 1.62. The van der Waals surface area contributed by atoms with Crippen molar-refractivity contribution < 1.29 is 0 Å². The highest BCUT2D eigenvalue weighted by molar-refractivity contribution is 5.19. The van der Waals surface area contributed by atoms with Gasteiger partial charge in [-0.15, -0.1) is 4.91 Å². The van der Waals surface area contributed by atoms with E-state index in [1.54, 1.807) is 0 Å².